The molecule has 1 aliphatic carbocycles. The van der Waals surface area contributed by atoms with Crippen molar-refractivity contribution in [3.8, 4) is 11.4 Å². The Morgan fingerprint density at radius 3 is 2.32 bits per heavy atom. The molecule has 1 fully saturated rings. The second-order valence-corrected chi connectivity index (χ2v) is 6.30. The molecule has 2 aromatic rings. The molecule has 0 bridgehead atoms. The van der Waals surface area contributed by atoms with E-state index in [1.807, 2.05) is 0 Å². The molecule has 0 radical (unpaired) electrons. The van der Waals surface area contributed by atoms with E-state index in [2.05, 4.69) is 26.0 Å². The van der Waals surface area contributed by atoms with Gasteiger partial charge in [-0.2, -0.15) is 4.80 Å². The molecule has 0 spiro atoms. The summed E-state index contributed by atoms with van der Waals surface area (Å²) in [4.78, 5) is 25.5. The van der Waals surface area contributed by atoms with Crippen molar-refractivity contribution in [3.05, 3.63) is 24.3 Å². The number of nitrogens with one attached hydrogen (secondary N) is 2. The largest absolute Gasteiger partial charge is 0.345 e. The number of carbonyl (C=O) groups excluding carboxylic acids is 2. The Morgan fingerprint density at radius 1 is 1.04 bits per heavy atom. The van der Waals surface area contributed by atoms with Crippen molar-refractivity contribution < 1.29 is 9.59 Å². The van der Waals surface area contributed by atoms with Gasteiger partial charge in [0.25, 0.3) is 0 Å². The summed E-state index contributed by atoms with van der Waals surface area (Å²) < 4.78 is 0. The van der Waals surface area contributed by atoms with E-state index in [0.29, 0.717) is 11.5 Å². The fourth-order valence-corrected chi connectivity index (χ4v) is 2.96. The molecule has 8 nitrogen and oxygen atoms in total. The van der Waals surface area contributed by atoms with Crippen LogP contribution in [0.15, 0.2) is 24.3 Å². The summed E-state index contributed by atoms with van der Waals surface area (Å²) in [6.45, 7) is 0. The molecule has 1 heterocycles. The quantitative estimate of drug-likeness (QED) is 0.652. The zero-order chi connectivity index (χ0) is 17.6. The summed E-state index contributed by atoms with van der Waals surface area (Å²) in [5.41, 5.74) is 1.34. The molecule has 25 heavy (non-hydrogen) atoms. The minimum Gasteiger partial charge on any atom is -0.345 e. The fourth-order valence-electron chi connectivity index (χ4n) is 2.96. The Hall–Kier alpha value is -2.77. The van der Waals surface area contributed by atoms with E-state index in [1.54, 1.807) is 31.3 Å². The van der Waals surface area contributed by atoms with Crippen LogP contribution >= 0.6 is 0 Å². The van der Waals surface area contributed by atoms with E-state index in [-0.39, 0.29) is 6.04 Å². The van der Waals surface area contributed by atoms with Gasteiger partial charge in [0, 0.05) is 17.3 Å². The molecule has 1 aromatic heterocycles. The highest BCUT2D eigenvalue weighted by molar-refractivity contribution is 6.39. The summed E-state index contributed by atoms with van der Waals surface area (Å²) in [6.07, 6.45) is 6.49. The first-order chi connectivity index (χ1) is 12.1. The zero-order valence-electron chi connectivity index (χ0n) is 14.2. The van der Waals surface area contributed by atoms with Crippen molar-refractivity contribution in [2.45, 2.75) is 44.6 Å². The third-order valence-electron chi connectivity index (χ3n) is 4.31. The first kappa shape index (κ1) is 17.1. The summed E-state index contributed by atoms with van der Waals surface area (Å²) >= 11 is 0. The number of aryl methyl sites for hydroxylation is 1. The van der Waals surface area contributed by atoms with Crippen molar-refractivity contribution >= 4 is 17.5 Å². The third-order valence-corrected chi connectivity index (χ3v) is 4.31. The minimum atomic E-state index is -0.644. The Labute approximate surface area is 146 Å². The van der Waals surface area contributed by atoms with Crippen molar-refractivity contribution in [1.29, 1.82) is 0 Å². The molecule has 3 rings (SSSR count). The minimum absolute atomic E-state index is 0.103. The van der Waals surface area contributed by atoms with Gasteiger partial charge in [0.15, 0.2) is 0 Å². The van der Waals surface area contributed by atoms with Gasteiger partial charge in [0.2, 0.25) is 5.82 Å². The van der Waals surface area contributed by atoms with Gasteiger partial charge in [-0.05, 0) is 42.3 Å². The summed E-state index contributed by atoms with van der Waals surface area (Å²) in [7, 11) is 1.69. The Bertz CT molecular complexity index is 732. The molecule has 0 aliphatic heterocycles. The molecule has 1 aromatic carbocycles. The summed E-state index contributed by atoms with van der Waals surface area (Å²) in [5, 5.41) is 17.3. The predicted octanol–water partition coefficient (Wildman–Crippen LogP) is 1.65. The lowest BCUT2D eigenvalue weighted by Crippen LogP contribution is -2.41. The number of amides is 2. The molecule has 2 N–H and O–H groups in total. The van der Waals surface area contributed by atoms with Crippen molar-refractivity contribution in [3.63, 3.8) is 0 Å². The predicted molar refractivity (Wildman–Crippen MR) is 92.5 cm³/mol. The van der Waals surface area contributed by atoms with E-state index in [1.165, 1.54) is 17.6 Å². The van der Waals surface area contributed by atoms with E-state index in [0.717, 1.165) is 31.2 Å². The van der Waals surface area contributed by atoms with Crippen LogP contribution < -0.4 is 10.6 Å². The van der Waals surface area contributed by atoms with Gasteiger partial charge in [0.1, 0.15) is 0 Å². The van der Waals surface area contributed by atoms with Crippen LogP contribution in [0.2, 0.25) is 0 Å². The van der Waals surface area contributed by atoms with Gasteiger partial charge in [0.05, 0.1) is 7.05 Å². The second kappa shape index (κ2) is 7.87. The molecule has 8 heteroatoms. The van der Waals surface area contributed by atoms with E-state index >= 15 is 0 Å². The molecule has 1 aliphatic rings. The van der Waals surface area contributed by atoms with E-state index in [4.69, 9.17) is 0 Å². The summed E-state index contributed by atoms with van der Waals surface area (Å²) in [5.74, 6) is -0.715. The van der Waals surface area contributed by atoms with E-state index < -0.39 is 11.8 Å². The van der Waals surface area contributed by atoms with E-state index in [9.17, 15) is 9.59 Å². The van der Waals surface area contributed by atoms with Crippen LogP contribution in [0, 0.1) is 0 Å². The first-order valence-electron chi connectivity index (χ1n) is 8.58. The number of hydrogen-bond donors (Lipinski definition) is 2. The van der Waals surface area contributed by atoms with Crippen molar-refractivity contribution in [2.24, 2.45) is 7.05 Å². The highest BCUT2D eigenvalue weighted by Gasteiger charge is 2.19. The number of benzene rings is 1. The van der Waals surface area contributed by atoms with Gasteiger partial charge in [-0.1, -0.05) is 25.7 Å². The van der Waals surface area contributed by atoms with Gasteiger partial charge in [-0.3, -0.25) is 9.59 Å². The fraction of sp³-hybridized carbons (Fsp3) is 0.471. The molecule has 0 saturated heterocycles. The molecule has 132 valence electrons. The standard InChI is InChI=1S/C17H22N6O2/c1-23-21-15(20-22-23)12-8-10-14(11-9-12)19-17(25)16(24)18-13-6-4-2-3-5-7-13/h8-11,13H,2-7H2,1H3,(H,18,24)(H,19,25). The highest BCUT2D eigenvalue weighted by atomic mass is 16.2. The van der Waals surface area contributed by atoms with Crippen molar-refractivity contribution in [2.75, 3.05) is 5.32 Å². The lowest BCUT2D eigenvalue weighted by Gasteiger charge is -2.15. The Kier molecular flexibility index (Phi) is 5.37. The second-order valence-electron chi connectivity index (χ2n) is 6.30. The molecule has 2 amide bonds. The Balaban J connectivity index is 1.55. The topological polar surface area (TPSA) is 102 Å². The monoisotopic (exact) mass is 342 g/mol. The van der Waals surface area contributed by atoms with Crippen LogP contribution in [0.4, 0.5) is 5.69 Å². The highest BCUT2D eigenvalue weighted by Crippen LogP contribution is 2.18. The number of nitrogens with zero attached hydrogens (tertiary/aromatic N) is 4. The average Bonchev–Trinajstić information content (AvgIpc) is 2.88. The third kappa shape index (κ3) is 4.62. The van der Waals surface area contributed by atoms with Crippen LogP contribution in [0.5, 0.6) is 0 Å². The lowest BCUT2D eigenvalue weighted by molar-refractivity contribution is -0.136. The molecular weight excluding hydrogens is 320 g/mol. The number of tetrazole rings is 1. The zero-order valence-corrected chi connectivity index (χ0v) is 14.2. The van der Waals surface area contributed by atoms with Crippen LogP contribution in [-0.2, 0) is 16.6 Å². The van der Waals surface area contributed by atoms with Crippen LogP contribution in [0.25, 0.3) is 11.4 Å². The first-order valence-corrected chi connectivity index (χ1v) is 8.58. The SMILES string of the molecule is Cn1nnc(-c2ccc(NC(=O)C(=O)NC3CCCCCC3)cc2)n1. The molecule has 0 atom stereocenters. The normalized spacial score (nSPS) is 15.4. The van der Waals surface area contributed by atoms with Crippen LogP contribution in [0.3, 0.4) is 0 Å². The number of anilines is 1. The number of hydrogen-bond acceptors (Lipinski definition) is 5. The smallest absolute Gasteiger partial charge is 0.313 e. The van der Waals surface area contributed by atoms with Gasteiger partial charge in [-0.25, -0.2) is 0 Å². The van der Waals surface area contributed by atoms with Crippen molar-refractivity contribution in [1.82, 2.24) is 25.5 Å². The molecule has 0 unspecified atom stereocenters. The van der Waals surface area contributed by atoms with Gasteiger partial charge < -0.3 is 10.6 Å². The van der Waals surface area contributed by atoms with Gasteiger partial charge in [-0.15, -0.1) is 10.2 Å². The Morgan fingerprint density at radius 2 is 1.72 bits per heavy atom. The number of aromatic nitrogens is 4. The number of carbonyl (C=O) groups is 2. The average molecular weight is 342 g/mol. The maximum absolute atomic E-state index is 12.1. The lowest BCUT2D eigenvalue weighted by atomic mass is 10.1. The number of rotatable bonds is 3. The van der Waals surface area contributed by atoms with Crippen LogP contribution in [0.1, 0.15) is 38.5 Å². The van der Waals surface area contributed by atoms with Crippen LogP contribution in [-0.4, -0.2) is 38.1 Å². The maximum atomic E-state index is 12.1. The maximum Gasteiger partial charge on any atom is 0.313 e. The molecule has 1 saturated carbocycles. The summed E-state index contributed by atoms with van der Waals surface area (Å²) in [6, 6.07) is 7.07. The molecular formula is C17H22N6O2. The van der Waals surface area contributed by atoms with Gasteiger partial charge >= 0.3 is 11.8 Å².